The lowest BCUT2D eigenvalue weighted by atomic mass is 10.2. The molecule has 126 valence electrons. The van der Waals surface area contributed by atoms with Crippen molar-refractivity contribution < 1.29 is 9.67 Å². The number of benzene rings is 2. The summed E-state index contributed by atoms with van der Waals surface area (Å²) < 4.78 is 4.11. The van der Waals surface area contributed by atoms with Crippen LogP contribution in [0.25, 0.3) is 11.0 Å². The monoisotopic (exact) mass is 350 g/mol. The lowest BCUT2D eigenvalue weighted by Gasteiger charge is -2.08. The molecule has 3 N–H and O–H groups in total. The van der Waals surface area contributed by atoms with Gasteiger partial charge in [-0.3, -0.25) is 5.73 Å². The largest absolute Gasteiger partial charge is 0.384 e. The van der Waals surface area contributed by atoms with E-state index in [2.05, 4.69) is 22.8 Å². The molecule has 0 fully saturated rings. The topological polar surface area (TPSA) is 55.1 Å². The molecule has 25 heavy (non-hydrogen) atoms. The fourth-order valence-electron chi connectivity index (χ4n) is 3.18. The van der Waals surface area contributed by atoms with Crippen molar-refractivity contribution in [1.82, 2.24) is 4.57 Å². The predicted octanol–water partition coefficient (Wildman–Crippen LogP) is 3.35. The molecule has 2 aromatic heterocycles. The van der Waals surface area contributed by atoms with E-state index in [0.717, 1.165) is 15.9 Å². The average molecular weight is 350 g/mol. The van der Waals surface area contributed by atoms with Crippen molar-refractivity contribution >= 4 is 28.3 Å². The molecule has 0 aliphatic rings. The van der Waals surface area contributed by atoms with Crippen molar-refractivity contribution in [2.75, 3.05) is 5.73 Å². The molecule has 0 saturated heterocycles. The molecule has 1 atom stereocenters. The van der Waals surface area contributed by atoms with Crippen LogP contribution < -0.4 is 10.3 Å². The highest BCUT2D eigenvalue weighted by Crippen LogP contribution is 2.24. The normalized spacial score (nSPS) is 12.5. The smallest absolute Gasteiger partial charge is 0.356 e. The Morgan fingerprint density at radius 1 is 1.00 bits per heavy atom. The molecule has 2 aromatic carbocycles. The molecule has 0 unspecified atom stereocenters. The van der Waals surface area contributed by atoms with E-state index < -0.39 is 6.10 Å². The van der Waals surface area contributed by atoms with Crippen LogP contribution in [-0.2, 0) is 13.1 Å². The second kappa shape index (κ2) is 6.70. The van der Waals surface area contributed by atoms with E-state index in [1.54, 1.807) is 11.3 Å². The van der Waals surface area contributed by atoms with Crippen LogP contribution in [0, 0.1) is 0 Å². The Bertz CT molecular complexity index is 977. The van der Waals surface area contributed by atoms with Gasteiger partial charge in [0.25, 0.3) is 0 Å². The number of aromatic nitrogens is 2. The maximum Gasteiger partial charge on any atom is 0.356 e. The quantitative estimate of drug-likeness (QED) is 0.542. The van der Waals surface area contributed by atoms with Gasteiger partial charge in [0.2, 0.25) is 0 Å². The third-order valence-corrected chi connectivity index (χ3v) is 5.40. The molecule has 4 aromatic rings. The summed E-state index contributed by atoms with van der Waals surface area (Å²) in [7, 11) is 0. The van der Waals surface area contributed by atoms with Crippen LogP contribution in [0.5, 0.6) is 0 Å². The number of rotatable bonds is 5. The van der Waals surface area contributed by atoms with Gasteiger partial charge in [-0.05, 0) is 29.1 Å². The Labute approximate surface area is 150 Å². The Morgan fingerprint density at radius 2 is 1.76 bits per heavy atom. The van der Waals surface area contributed by atoms with Crippen LogP contribution >= 0.6 is 11.3 Å². The number of aliphatic hydroxyl groups excluding tert-OH is 1. The zero-order valence-electron chi connectivity index (χ0n) is 13.7. The number of nitrogens with two attached hydrogens (primary N) is 1. The maximum absolute atomic E-state index is 10.6. The molecular formula is C20H20N3OS+. The van der Waals surface area contributed by atoms with Crippen LogP contribution in [0.15, 0.2) is 72.1 Å². The molecule has 0 saturated carbocycles. The van der Waals surface area contributed by atoms with Gasteiger partial charge in [-0.2, -0.15) is 0 Å². The molecule has 0 amide bonds. The molecule has 0 radical (unpaired) electrons. The summed E-state index contributed by atoms with van der Waals surface area (Å²) in [5.74, 6) is 0.653. The van der Waals surface area contributed by atoms with E-state index in [0.29, 0.717) is 19.0 Å². The van der Waals surface area contributed by atoms with Gasteiger partial charge in [0.05, 0.1) is 6.54 Å². The van der Waals surface area contributed by atoms with Gasteiger partial charge in [-0.15, -0.1) is 11.3 Å². The van der Waals surface area contributed by atoms with E-state index in [4.69, 9.17) is 5.73 Å². The van der Waals surface area contributed by atoms with Gasteiger partial charge in [0.1, 0.15) is 23.7 Å². The number of hydrogen-bond acceptors (Lipinski definition) is 3. The number of hydrogen-bond donors (Lipinski definition) is 2. The predicted molar refractivity (Wildman–Crippen MR) is 101 cm³/mol. The van der Waals surface area contributed by atoms with E-state index in [9.17, 15) is 5.11 Å². The SMILES string of the molecule is Nc1n(C[C@@H](O)c2cccs2)c2ccccc2[n+]1Cc1ccccc1. The minimum absolute atomic E-state index is 0.439. The summed E-state index contributed by atoms with van der Waals surface area (Å²) in [5, 5.41) is 12.5. The zero-order valence-corrected chi connectivity index (χ0v) is 14.6. The fraction of sp³-hybridized carbons (Fsp3) is 0.150. The summed E-state index contributed by atoms with van der Waals surface area (Å²) in [4.78, 5) is 0.951. The molecule has 0 spiro atoms. The third-order valence-electron chi connectivity index (χ3n) is 4.43. The maximum atomic E-state index is 10.6. The molecule has 4 nitrogen and oxygen atoms in total. The molecule has 5 heteroatoms. The van der Waals surface area contributed by atoms with E-state index in [1.807, 2.05) is 58.5 Å². The summed E-state index contributed by atoms with van der Waals surface area (Å²) >= 11 is 1.56. The summed E-state index contributed by atoms with van der Waals surface area (Å²) in [6, 6.07) is 22.3. The number of aliphatic hydroxyl groups is 1. The van der Waals surface area contributed by atoms with Crippen molar-refractivity contribution in [3.63, 3.8) is 0 Å². The van der Waals surface area contributed by atoms with Crippen LogP contribution in [0.1, 0.15) is 16.5 Å². The van der Waals surface area contributed by atoms with Crippen LogP contribution in [0.2, 0.25) is 0 Å². The lowest BCUT2D eigenvalue weighted by molar-refractivity contribution is -0.648. The first kappa shape index (κ1) is 15.9. The minimum Gasteiger partial charge on any atom is -0.384 e. The van der Waals surface area contributed by atoms with Gasteiger partial charge in [-0.1, -0.05) is 48.5 Å². The highest BCUT2D eigenvalue weighted by atomic mass is 32.1. The molecule has 0 bridgehead atoms. The van der Waals surface area contributed by atoms with Crippen molar-refractivity contribution in [1.29, 1.82) is 0 Å². The van der Waals surface area contributed by atoms with E-state index in [-0.39, 0.29) is 0 Å². The second-order valence-corrected chi connectivity index (χ2v) is 7.04. The standard InChI is InChI=1S/C20H19N3OS/c21-20-22(13-15-7-2-1-3-8-15)16-9-4-5-10-17(16)23(20)14-18(24)19-11-6-12-25-19/h1-12,18,21,24H,13-14H2/p+1/t18-/m1/s1. The molecular weight excluding hydrogens is 330 g/mol. The first-order chi connectivity index (χ1) is 12.2. The number of nitrogens with zero attached hydrogens (tertiary/aromatic N) is 2. The average Bonchev–Trinajstić information content (AvgIpc) is 3.26. The number of para-hydroxylation sites is 2. The minimum atomic E-state index is -0.566. The van der Waals surface area contributed by atoms with Crippen molar-refractivity contribution in [2.45, 2.75) is 19.2 Å². The number of anilines is 1. The Morgan fingerprint density at radius 3 is 2.52 bits per heavy atom. The molecule has 0 aliphatic heterocycles. The Balaban J connectivity index is 1.76. The van der Waals surface area contributed by atoms with Crippen molar-refractivity contribution in [3.8, 4) is 0 Å². The lowest BCUT2D eigenvalue weighted by Crippen LogP contribution is -2.37. The highest BCUT2D eigenvalue weighted by Gasteiger charge is 2.23. The Kier molecular flexibility index (Phi) is 4.26. The number of nitrogen functional groups attached to an aromatic ring is 1. The van der Waals surface area contributed by atoms with Crippen LogP contribution in [-0.4, -0.2) is 9.67 Å². The van der Waals surface area contributed by atoms with Crippen molar-refractivity contribution in [2.24, 2.45) is 0 Å². The Hall–Kier alpha value is -2.63. The number of fused-ring (bicyclic) bond motifs is 1. The van der Waals surface area contributed by atoms with E-state index in [1.165, 1.54) is 5.56 Å². The fourth-order valence-corrected chi connectivity index (χ4v) is 3.88. The number of thiophene rings is 1. The molecule has 4 rings (SSSR count). The molecule has 0 aliphatic carbocycles. The summed E-state index contributed by atoms with van der Waals surface area (Å²) in [6.07, 6.45) is -0.566. The summed E-state index contributed by atoms with van der Waals surface area (Å²) in [5.41, 5.74) is 9.78. The number of imidazole rings is 1. The van der Waals surface area contributed by atoms with Gasteiger partial charge in [0, 0.05) is 4.88 Å². The summed E-state index contributed by atoms with van der Waals surface area (Å²) in [6.45, 7) is 1.14. The van der Waals surface area contributed by atoms with Gasteiger partial charge in [-0.25, -0.2) is 9.13 Å². The van der Waals surface area contributed by atoms with Gasteiger partial charge >= 0.3 is 5.95 Å². The van der Waals surface area contributed by atoms with Gasteiger partial charge in [0.15, 0.2) is 0 Å². The first-order valence-corrected chi connectivity index (χ1v) is 9.14. The van der Waals surface area contributed by atoms with Crippen molar-refractivity contribution in [3.05, 3.63) is 82.6 Å². The van der Waals surface area contributed by atoms with Gasteiger partial charge < -0.3 is 5.11 Å². The first-order valence-electron chi connectivity index (χ1n) is 8.26. The molecule has 2 heterocycles. The third kappa shape index (κ3) is 3.04. The second-order valence-electron chi connectivity index (χ2n) is 6.06. The van der Waals surface area contributed by atoms with Crippen LogP contribution in [0.3, 0.4) is 0 Å². The van der Waals surface area contributed by atoms with Crippen LogP contribution in [0.4, 0.5) is 5.95 Å². The van der Waals surface area contributed by atoms with E-state index >= 15 is 0 Å². The zero-order chi connectivity index (χ0) is 17.2. The highest BCUT2D eigenvalue weighted by molar-refractivity contribution is 7.10.